The van der Waals surface area contributed by atoms with Crippen LogP contribution in [0.15, 0.2) is 29.1 Å². The molecule has 0 N–H and O–H groups in total. The van der Waals surface area contributed by atoms with Gasteiger partial charge in [0.25, 0.3) is 0 Å². The summed E-state index contributed by atoms with van der Waals surface area (Å²) in [6.45, 7) is 1.68. The second kappa shape index (κ2) is 5.69. The maximum atomic E-state index is 12.9. The molecule has 0 radical (unpaired) electrons. The number of benzene rings is 1. The molecule has 3 aromatic rings. The first-order valence-corrected chi connectivity index (χ1v) is 7.26. The predicted molar refractivity (Wildman–Crippen MR) is 83.9 cm³/mol. The molecule has 0 aliphatic carbocycles. The molecule has 116 valence electrons. The van der Waals surface area contributed by atoms with E-state index in [-0.39, 0.29) is 16.5 Å². The van der Waals surface area contributed by atoms with Crippen LogP contribution in [0.3, 0.4) is 0 Å². The number of halogens is 1. The van der Waals surface area contributed by atoms with E-state index in [0.717, 1.165) is 15.9 Å². The summed E-state index contributed by atoms with van der Waals surface area (Å²) >= 11 is 1.16. The van der Waals surface area contributed by atoms with E-state index in [1.165, 1.54) is 36.4 Å². The minimum absolute atomic E-state index is 0.0621. The standard InChI is InChI=1S/C14H9FN4O3S/c1-8-17-18-13(20)12(19(21)22)11(16-14(18)23-8)7-4-9-2-5-10(15)6-3-9/h2-7H,1H3. The highest BCUT2D eigenvalue weighted by atomic mass is 32.1. The number of hydrogen-bond donors (Lipinski definition) is 0. The van der Waals surface area contributed by atoms with Gasteiger partial charge in [-0.1, -0.05) is 29.5 Å². The molecule has 0 saturated heterocycles. The van der Waals surface area contributed by atoms with Gasteiger partial charge in [0.05, 0.1) is 4.92 Å². The van der Waals surface area contributed by atoms with Gasteiger partial charge in [-0.3, -0.25) is 14.9 Å². The second-order valence-electron chi connectivity index (χ2n) is 4.61. The van der Waals surface area contributed by atoms with Crippen molar-refractivity contribution in [3.63, 3.8) is 0 Å². The Morgan fingerprint density at radius 3 is 2.65 bits per heavy atom. The predicted octanol–water partition coefficient (Wildman–Crippen LogP) is 2.68. The Morgan fingerprint density at radius 2 is 2.00 bits per heavy atom. The smallest absolute Gasteiger partial charge is 0.259 e. The number of aromatic nitrogens is 3. The van der Waals surface area contributed by atoms with E-state index in [1.807, 2.05) is 0 Å². The van der Waals surface area contributed by atoms with Gasteiger partial charge in [0, 0.05) is 0 Å². The Morgan fingerprint density at radius 1 is 1.30 bits per heavy atom. The van der Waals surface area contributed by atoms with Crippen LogP contribution < -0.4 is 5.56 Å². The number of nitrogens with zero attached hydrogens (tertiary/aromatic N) is 4. The summed E-state index contributed by atoms with van der Waals surface area (Å²) in [6, 6.07) is 5.57. The van der Waals surface area contributed by atoms with Gasteiger partial charge in [0.1, 0.15) is 10.8 Å². The first kappa shape index (κ1) is 15.0. The molecule has 0 fully saturated rings. The van der Waals surface area contributed by atoms with Crippen molar-refractivity contribution >= 4 is 34.1 Å². The van der Waals surface area contributed by atoms with Crippen LogP contribution in [0.25, 0.3) is 17.1 Å². The Kier molecular flexibility index (Phi) is 3.70. The number of aryl methyl sites for hydroxylation is 1. The average molecular weight is 332 g/mol. The molecule has 2 heterocycles. The third-order valence-electron chi connectivity index (χ3n) is 3.00. The molecule has 7 nitrogen and oxygen atoms in total. The molecular weight excluding hydrogens is 323 g/mol. The third-order valence-corrected chi connectivity index (χ3v) is 3.82. The molecule has 0 aliphatic heterocycles. The highest BCUT2D eigenvalue weighted by Crippen LogP contribution is 2.19. The third kappa shape index (κ3) is 2.86. The molecular formula is C14H9FN4O3S. The molecule has 0 atom stereocenters. The highest BCUT2D eigenvalue weighted by Gasteiger charge is 2.23. The van der Waals surface area contributed by atoms with Gasteiger partial charge >= 0.3 is 11.2 Å². The van der Waals surface area contributed by atoms with Gasteiger partial charge in [-0.15, -0.1) is 0 Å². The van der Waals surface area contributed by atoms with Crippen LogP contribution in [-0.2, 0) is 0 Å². The molecule has 1 aromatic carbocycles. The lowest BCUT2D eigenvalue weighted by atomic mass is 10.2. The zero-order chi connectivity index (χ0) is 16.6. The fraction of sp³-hybridized carbons (Fsp3) is 0.0714. The molecule has 9 heteroatoms. The van der Waals surface area contributed by atoms with Crippen molar-refractivity contribution in [1.29, 1.82) is 0 Å². The molecule has 0 bridgehead atoms. The normalized spacial score (nSPS) is 11.4. The van der Waals surface area contributed by atoms with Crippen molar-refractivity contribution in [2.75, 3.05) is 0 Å². The van der Waals surface area contributed by atoms with E-state index in [1.54, 1.807) is 6.92 Å². The van der Waals surface area contributed by atoms with Gasteiger partial charge in [-0.05, 0) is 30.7 Å². The molecule has 23 heavy (non-hydrogen) atoms. The van der Waals surface area contributed by atoms with E-state index < -0.39 is 16.2 Å². The van der Waals surface area contributed by atoms with Gasteiger partial charge < -0.3 is 0 Å². The van der Waals surface area contributed by atoms with Gasteiger partial charge in [-0.2, -0.15) is 9.61 Å². The van der Waals surface area contributed by atoms with Crippen LogP contribution in [0.4, 0.5) is 10.1 Å². The Balaban J connectivity index is 2.15. The number of fused-ring (bicyclic) bond motifs is 1. The van der Waals surface area contributed by atoms with Crippen LogP contribution in [0.1, 0.15) is 16.3 Å². The topological polar surface area (TPSA) is 90.4 Å². The first-order valence-electron chi connectivity index (χ1n) is 6.44. The zero-order valence-electron chi connectivity index (χ0n) is 11.8. The fourth-order valence-corrected chi connectivity index (χ4v) is 2.73. The fourth-order valence-electron chi connectivity index (χ4n) is 1.98. The van der Waals surface area contributed by atoms with Crippen LogP contribution in [0.2, 0.25) is 0 Å². The minimum atomic E-state index is -0.830. The quantitative estimate of drug-likeness (QED) is 0.543. The van der Waals surface area contributed by atoms with Crippen molar-refractivity contribution in [2.24, 2.45) is 0 Å². The summed E-state index contributed by atoms with van der Waals surface area (Å²) in [6.07, 6.45) is 2.89. The number of hydrogen-bond acceptors (Lipinski definition) is 6. The van der Waals surface area contributed by atoms with E-state index in [0.29, 0.717) is 10.6 Å². The summed E-state index contributed by atoms with van der Waals surface area (Å²) in [5.41, 5.74) is -0.912. The number of rotatable bonds is 3. The van der Waals surface area contributed by atoms with Gasteiger partial charge in [0.2, 0.25) is 4.96 Å². The molecule has 3 rings (SSSR count). The summed E-state index contributed by atoms with van der Waals surface area (Å²) in [4.78, 5) is 27.0. The van der Waals surface area contributed by atoms with Crippen LogP contribution >= 0.6 is 11.3 Å². The van der Waals surface area contributed by atoms with Crippen LogP contribution in [0, 0.1) is 22.9 Å². The Labute approximate surface area is 132 Å². The van der Waals surface area contributed by atoms with E-state index in [9.17, 15) is 19.3 Å². The van der Waals surface area contributed by atoms with Crippen LogP contribution in [0.5, 0.6) is 0 Å². The zero-order valence-corrected chi connectivity index (χ0v) is 12.6. The largest absolute Gasteiger partial charge is 0.361 e. The second-order valence-corrected chi connectivity index (χ2v) is 5.77. The lowest BCUT2D eigenvalue weighted by Gasteiger charge is -1.98. The molecule has 0 spiro atoms. The summed E-state index contributed by atoms with van der Waals surface area (Å²) in [5.74, 6) is -0.383. The number of nitro groups is 1. The summed E-state index contributed by atoms with van der Waals surface area (Å²) in [5, 5.41) is 15.7. The maximum absolute atomic E-state index is 12.9. The Bertz CT molecular complexity index is 992. The van der Waals surface area contributed by atoms with Crippen molar-refractivity contribution < 1.29 is 9.31 Å². The summed E-state index contributed by atoms with van der Waals surface area (Å²) < 4.78 is 13.8. The Hall–Kier alpha value is -2.94. The molecule has 2 aromatic heterocycles. The average Bonchev–Trinajstić information content (AvgIpc) is 2.87. The molecule has 0 aliphatic rings. The lowest BCUT2D eigenvalue weighted by molar-refractivity contribution is -0.386. The van der Waals surface area contributed by atoms with E-state index in [2.05, 4.69) is 10.1 Å². The van der Waals surface area contributed by atoms with Crippen molar-refractivity contribution in [3.05, 3.63) is 66.8 Å². The SMILES string of the molecule is Cc1nn2c(=O)c([N+](=O)[O-])c(C=Cc3ccc(F)cc3)nc2s1. The van der Waals surface area contributed by atoms with E-state index in [4.69, 9.17) is 0 Å². The maximum Gasteiger partial charge on any atom is 0.361 e. The highest BCUT2D eigenvalue weighted by molar-refractivity contribution is 7.16. The lowest BCUT2D eigenvalue weighted by Crippen LogP contribution is -2.20. The van der Waals surface area contributed by atoms with Crippen molar-refractivity contribution in [2.45, 2.75) is 6.92 Å². The first-order chi connectivity index (χ1) is 11.0. The van der Waals surface area contributed by atoms with E-state index >= 15 is 0 Å². The van der Waals surface area contributed by atoms with Gasteiger partial charge in [-0.25, -0.2) is 9.37 Å². The van der Waals surface area contributed by atoms with Crippen molar-refractivity contribution in [1.82, 2.24) is 14.6 Å². The minimum Gasteiger partial charge on any atom is -0.259 e. The molecule has 0 saturated carbocycles. The van der Waals surface area contributed by atoms with Crippen LogP contribution in [-0.4, -0.2) is 19.5 Å². The summed E-state index contributed by atoms with van der Waals surface area (Å²) in [7, 11) is 0. The van der Waals surface area contributed by atoms with Gasteiger partial charge in [0.15, 0.2) is 5.69 Å². The van der Waals surface area contributed by atoms with Crippen molar-refractivity contribution in [3.8, 4) is 0 Å². The molecule has 0 unspecified atom stereocenters. The monoisotopic (exact) mass is 332 g/mol. The molecule has 0 amide bonds.